The standard InChI is InChI=1S/C15H20ClNO3/c1-20-14-8-6-13(7-9-14)17(10-15(18)19)12-4-2-11(16)3-5-12/h2-5,13-14H,6-10H2,1H3,(H,18,19). The van der Waals surface area contributed by atoms with Gasteiger partial charge in [0.05, 0.1) is 6.10 Å². The summed E-state index contributed by atoms with van der Waals surface area (Å²) >= 11 is 5.89. The van der Waals surface area contributed by atoms with E-state index in [0.29, 0.717) is 11.1 Å². The Bertz CT molecular complexity index is 441. The van der Waals surface area contributed by atoms with Crippen LogP contribution >= 0.6 is 11.6 Å². The maximum Gasteiger partial charge on any atom is 0.323 e. The minimum absolute atomic E-state index is 0.0178. The lowest BCUT2D eigenvalue weighted by Gasteiger charge is -2.37. The van der Waals surface area contributed by atoms with Gasteiger partial charge in [-0.15, -0.1) is 0 Å². The molecule has 1 aliphatic rings. The summed E-state index contributed by atoms with van der Waals surface area (Å²) in [6, 6.07) is 7.61. The van der Waals surface area contributed by atoms with Crippen LogP contribution in [0.5, 0.6) is 0 Å². The van der Waals surface area contributed by atoms with Gasteiger partial charge in [-0.2, -0.15) is 0 Å². The largest absolute Gasteiger partial charge is 0.480 e. The fourth-order valence-electron chi connectivity index (χ4n) is 2.80. The number of hydrogen-bond acceptors (Lipinski definition) is 3. The molecule has 20 heavy (non-hydrogen) atoms. The van der Waals surface area contributed by atoms with Gasteiger partial charge in [-0.25, -0.2) is 0 Å². The van der Waals surface area contributed by atoms with Crippen LogP contribution in [-0.2, 0) is 9.53 Å². The fourth-order valence-corrected chi connectivity index (χ4v) is 2.93. The van der Waals surface area contributed by atoms with Crippen molar-refractivity contribution in [2.75, 3.05) is 18.6 Å². The highest BCUT2D eigenvalue weighted by atomic mass is 35.5. The van der Waals surface area contributed by atoms with Gasteiger partial charge in [0, 0.05) is 23.9 Å². The van der Waals surface area contributed by atoms with Crippen molar-refractivity contribution >= 4 is 23.3 Å². The summed E-state index contributed by atoms with van der Waals surface area (Å²) in [5, 5.41) is 9.80. The molecule has 110 valence electrons. The zero-order valence-electron chi connectivity index (χ0n) is 11.6. The second-order valence-corrected chi connectivity index (χ2v) is 5.60. The number of methoxy groups -OCH3 is 1. The molecule has 0 heterocycles. The van der Waals surface area contributed by atoms with Gasteiger partial charge in [-0.1, -0.05) is 11.6 Å². The van der Waals surface area contributed by atoms with E-state index >= 15 is 0 Å². The minimum atomic E-state index is -0.811. The lowest BCUT2D eigenvalue weighted by molar-refractivity contribution is -0.135. The minimum Gasteiger partial charge on any atom is -0.480 e. The van der Waals surface area contributed by atoms with Gasteiger partial charge in [0.25, 0.3) is 0 Å². The van der Waals surface area contributed by atoms with Gasteiger partial charge in [-0.05, 0) is 49.9 Å². The van der Waals surface area contributed by atoms with Crippen LogP contribution in [-0.4, -0.2) is 36.9 Å². The van der Waals surface area contributed by atoms with E-state index in [4.69, 9.17) is 21.4 Å². The van der Waals surface area contributed by atoms with Crippen LogP contribution in [0.25, 0.3) is 0 Å². The van der Waals surface area contributed by atoms with Gasteiger partial charge in [0.1, 0.15) is 6.54 Å². The molecule has 1 aliphatic carbocycles. The molecular weight excluding hydrogens is 278 g/mol. The molecule has 0 amide bonds. The molecular formula is C15H20ClNO3. The first-order valence-corrected chi connectivity index (χ1v) is 7.24. The normalized spacial score (nSPS) is 22.5. The predicted octanol–water partition coefficient (Wildman–Crippen LogP) is 3.19. The van der Waals surface area contributed by atoms with Crippen molar-refractivity contribution in [2.45, 2.75) is 37.8 Å². The number of carboxylic acids is 1. The number of nitrogens with zero attached hydrogens (tertiary/aromatic N) is 1. The Morgan fingerprint density at radius 3 is 2.40 bits per heavy atom. The molecule has 0 saturated heterocycles. The Kier molecular flexibility index (Phi) is 5.26. The van der Waals surface area contributed by atoms with Gasteiger partial charge in [-0.3, -0.25) is 4.79 Å². The number of halogens is 1. The third kappa shape index (κ3) is 3.87. The van der Waals surface area contributed by atoms with E-state index < -0.39 is 5.97 Å². The monoisotopic (exact) mass is 297 g/mol. The predicted molar refractivity (Wildman–Crippen MR) is 79.5 cm³/mol. The van der Waals surface area contributed by atoms with E-state index in [-0.39, 0.29) is 12.6 Å². The van der Waals surface area contributed by atoms with Crippen molar-refractivity contribution < 1.29 is 14.6 Å². The highest BCUT2D eigenvalue weighted by molar-refractivity contribution is 6.30. The van der Waals surface area contributed by atoms with E-state index in [1.54, 1.807) is 19.2 Å². The first kappa shape index (κ1) is 15.1. The number of ether oxygens (including phenoxy) is 1. The molecule has 1 N–H and O–H groups in total. The van der Waals surface area contributed by atoms with Gasteiger partial charge >= 0.3 is 5.97 Å². The third-order valence-corrected chi connectivity index (χ3v) is 4.13. The van der Waals surface area contributed by atoms with Crippen LogP contribution in [0.15, 0.2) is 24.3 Å². The number of anilines is 1. The quantitative estimate of drug-likeness (QED) is 0.907. The zero-order chi connectivity index (χ0) is 14.5. The number of hydrogen-bond donors (Lipinski definition) is 1. The molecule has 0 radical (unpaired) electrons. The Labute approximate surface area is 124 Å². The highest BCUT2D eigenvalue weighted by Gasteiger charge is 2.27. The summed E-state index contributed by atoms with van der Waals surface area (Å²) in [6.07, 6.45) is 4.17. The lowest BCUT2D eigenvalue weighted by Crippen LogP contribution is -2.42. The highest BCUT2D eigenvalue weighted by Crippen LogP contribution is 2.29. The molecule has 0 spiro atoms. The maximum absolute atomic E-state index is 11.1. The van der Waals surface area contributed by atoms with Crippen LogP contribution in [0, 0.1) is 0 Å². The van der Waals surface area contributed by atoms with Crippen molar-refractivity contribution in [3.63, 3.8) is 0 Å². The van der Waals surface area contributed by atoms with Gasteiger partial charge < -0.3 is 14.7 Å². The number of rotatable bonds is 5. The van der Waals surface area contributed by atoms with E-state index in [1.165, 1.54) is 0 Å². The third-order valence-electron chi connectivity index (χ3n) is 3.88. The van der Waals surface area contributed by atoms with Crippen LogP contribution in [0.2, 0.25) is 5.02 Å². The fraction of sp³-hybridized carbons (Fsp3) is 0.533. The van der Waals surface area contributed by atoms with Crippen LogP contribution in [0.1, 0.15) is 25.7 Å². The molecule has 5 heteroatoms. The Morgan fingerprint density at radius 2 is 1.90 bits per heavy atom. The molecule has 0 aromatic heterocycles. The van der Waals surface area contributed by atoms with E-state index in [0.717, 1.165) is 31.4 Å². The molecule has 1 saturated carbocycles. The molecule has 0 atom stereocenters. The summed E-state index contributed by atoms with van der Waals surface area (Å²) in [5.74, 6) is -0.811. The smallest absolute Gasteiger partial charge is 0.323 e. The Balaban J connectivity index is 2.11. The second-order valence-electron chi connectivity index (χ2n) is 5.16. The van der Waals surface area contributed by atoms with Crippen molar-refractivity contribution in [3.05, 3.63) is 29.3 Å². The molecule has 0 unspecified atom stereocenters. The average Bonchev–Trinajstić information content (AvgIpc) is 2.46. The molecule has 1 aromatic rings. The zero-order valence-corrected chi connectivity index (χ0v) is 12.3. The molecule has 0 bridgehead atoms. The molecule has 2 rings (SSSR count). The first-order chi connectivity index (χ1) is 9.60. The summed E-state index contributed by atoms with van der Waals surface area (Å²) in [4.78, 5) is 13.1. The summed E-state index contributed by atoms with van der Waals surface area (Å²) < 4.78 is 5.37. The number of benzene rings is 1. The Hall–Kier alpha value is -1.26. The van der Waals surface area contributed by atoms with Crippen molar-refractivity contribution in [1.82, 2.24) is 0 Å². The Morgan fingerprint density at radius 1 is 1.30 bits per heavy atom. The SMILES string of the molecule is COC1CCC(N(CC(=O)O)c2ccc(Cl)cc2)CC1. The van der Waals surface area contributed by atoms with Gasteiger partial charge in [0.2, 0.25) is 0 Å². The molecule has 0 aliphatic heterocycles. The first-order valence-electron chi connectivity index (χ1n) is 6.87. The summed E-state index contributed by atoms with van der Waals surface area (Å²) in [5.41, 5.74) is 0.915. The number of carboxylic acid groups (broad SMARTS) is 1. The van der Waals surface area contributed by atoms with E-state index in [9.17, 15) is 4.79 Å². The number of carbonyl (C=O) groups is 1. The van der Waals surface area contributed by atoms with E-state index in [1.807, 2.05) is 17.0 Å². The lowest BCUT2D eigenvalue weighted by atomic mass is 9.91. The van der Waals surface area contributed by atoms with Crippen LogP contribution in [0.3, 0.4) is 0 Å². The second kappa shape index (κ2) is 6.95. The van der Waals surface area contributed by atoms with Crippen molar-refractivity contribution in [3.8, 4) is 0 Å². The molecule has 1 fully saturated rings. The van der Waals surface area contributed by atoms with Crippen LogP contribution in [0.4, 0.5) is 5.69 Å². The molecule has 1 aromatic carbocycles. The van der Waals surface area contributed by atoms with Gasteiger partial charge in [0.15, 0.2) is 0 Å². The topological polar surface area (TPSA) is 49.8 Å². The number of aliphatic carboxylic acids is 1. The summed E-state index contributed by atoms with van der Waals surface area (Å²) in [7, 11) is 1.74. The molecule has 4 nitrogen and oxygen atoms in total. The summed E-state index contributed by atoms with van der Waals surface area (Å²) in [6.45, 7) is 0.0178. The van der Waals surface area contributed by atoms with Crippen molar-refractivity contribution in [1.29, 1.82) is 0 Å². The van der Waals surface area contributed by atoms with E-state index in [2.05, 4.69) is 0 Å². The maximum atomic E-state index is 11.1. The van der Waals surface area contributed by atoms with Crippen molar-refractivity contribution in [2.24, 2.45) is 0 Å². The van der Waals surface area contributed by atoms with Crippen LogP contribution < -0.4 is 4.90 Å². The average molecular weight is 298 g/mol.